The lowest BCUT2D eigenvalue weighted by Gasteiger charge is -2.36. The van der Waals surface area contributed by atoms with E-state index in [1.807, 2.05) is 37.4 Å². The fraction of sp³-hybridized carbons (Fsp3) is 0.385. The van der Waals surface area contributed by atoms with Gasteiger partial charge in [-0.15, -0.1) is 0 Å². The third-order valence-electron chi connectivity index (χ3n) is 6.49. The minimum absolute atomic E-state index is 0.120. The summed E-state index contributed by atoms with van der Waals surface area (Å²) in [6.07, 6.45) is 1.80. The van der Waals surface area contributed by atoms with Gasteiger partial charge >= 0.3 is 0 Å². The van der Waals surface area contributed by atoms with Gasteiger partial charge in [-0.2, -0.15) is 10.2 Å². The van der Waals surface area contributed by atoms with Crippen molar-refractivity contribution < 1.29 is 9.47 Å². The van der Waals surface area contributed by atoms with E-state index in [1.165, 1.54) is 0 Å². The van der Waals surface area contributed by atoms with Gasteiger partial charge < -0.3 is 24.6 Å². The van der Waals surface area contributed by atoms with Gasteiger partial charge in [0.15, 0.2) is 0 Å². The number of aromatic nitrogens is 3. The lowest BCUT2D eigenvalue weighted by Crippen LogP contribution is -2.51. The molecule has 0 radical (unpaired) electrons. The minimum atomic E-state index is 0.120. The van der Waals surface area contributed by atoms with E-state index in [-0.39, 0.29) is 6.10 Å². The van der Waals surface area contributed by atoms with Gasteiger partial charge in [0.05, 0.1) is 18.4 Å². The van der Waals surface area contributed by atoms with Crippen LogP contribution in [0.3, 0.4) is 0 Å². The van der Waals surface area contributed by atoms with Crippen LogP contribution in [0.25, 0.3) is 11.3 Å². The zero-order valence-electron chi connectivity index (χ0n) is 20.8. The van der Waals surface area contributed by atoms with Crippen LogP contribution in [0.1, 0.15) is 5.56 Å². The molecule has 0 aliphatic carbocycles. The number of likely N-dealkylation sites (N-methyl/N-ethyl adjacent to an activating group) is 2. The third-order valence-corrected chi connectivity index (χ3v) is 6.49. The van der Waals surface area contributed by atoms with Crippen LogP contribution in [-0.2, 0) is 0 Å². The monoisotopic (exact) mass is 486 g/mol. The van der Waals surface area contributed by atoms with E-state index in [4.69, 9.17) is 9.47 Å². The van der Waals surface area contributed by atoms with Crippen molar-refractivity contribution in [3.05, 3.63) is 48.2 Å². The maximum Gasteiger partial charge on any atom is 0.239 e. The number of anilines is 3. The number of piperazine rings is 1. The minimum Gasteiger partial charge on any atom is -0.486 e. The molecule has 0 saturated carbocycles. The van der Waals surface area contributed by atoms with Crippen LogP contribution in [-0.4, -0.2) is 91.3 Å². The Balaban J connectivity index is 1.32. The number of pyridine rings is 1. The molecule has 0 atom stereocenters. The fourth-order valence-corrected chi connectivity index (χ4v) is 4.41. The SMILES string of the molecule is COc1nc(Nc2nccc(-c3ccc(OC4CN(C)C4)c(C#N)c3)n2)ccc1N1CCN(C)CC1. The molecule has 0 unspecified atom stereocenters. The van der Waals surface area contributed by atoms with Crippen LogP contribution in [0.15, 0.2) is 42.6 Å². The molecule has 4 heterocycles. The van der Waals surface area contributed by atoms with Crippen LogP contribution < -0.4 is 19.7 Å². The molecule has 2 aliphatic rings. The summed E-state index contributed by atoms with van der Waals surface area (Å²) in [6, 6.07) is 13.5. The number of methoxy groups -OCH3 is 1. The van der Waals surface area contributed by atoms with E-state index in [1.54, 1.807) is 19.4 Å². The number of ether oxygens (including phenoxy) is 2. The van der Waals surface area contributed by atoms with Gasteiger partial charge in [0.1, 0.15) is 29.4 Å². The first-order chi connectivity index (χ1) is 17.5. The van der Waals surface area contributed by atoms with Gasteiger partial charge in [-0.25, -0.2) is 9.97 Å². The molecule has 2 aliphatic heterocycles. The summed E-state index contributed by atoms with van der Waals surface area (Å²) >= 11 is 0. The maximum atomic E-state index is 9.66. The lowest BCUT2D eigenvalue weighted by atomic mass is 10.1. The second kappa shape index (κ2) is 10.4. The van der Waals surface area contributed by atoms with Crippen LogP contribution in [0.5, 0.6) is 11.6 Å². The predicted molar refractivity (Wildman–Crippen MR) is 138 cm³/mol. The van der Waals surface area contributed by atoms with Gasteiger partial charge in [0.25, 0.3) is 0 Å². The molecule has 186 valence electrons. The normalized spacial score (nSPS) is 16.8. The Kier molecular flexibility index (Phi) is 6.84. The van der Waals surface area contributed by atoms with E-state index in [2.05, 4.69) is 48.1 Å². The van der Waals surface area contributed by atoms with Gasteiger partial charge in [0, 0.05) is 51.0 Å². The summed E-state index contributed by atoms with van der Waals surface area (Å²) in [6.45, 7) is 5.59. The second-order valence-corrected chi connectivity index (χ2v) is 9.19. The van der Waals surface area contributed by atoms with Crippen LogP contribution in [0, 0.1) is 11.3 Å². The Morgan fingerprint density at radius 1 is 1.00 bits per heavy atom. The smallest absolute Gasteiger partial charge is 0.239 e. The van der Waals surface area contributed by atoms with Gasteiger partial charge in [-0.1, -0.05) is 0 Å². The standard InChI is InChI=1S/C26H30N8O2/c1-32-10-12-34(13-11-32)22-5-7-24(30-25(22)35-3)31-26-28-9-8-21(29-26)18-4-6-23(19(14-18)15-27)36-20-16-33(2)17-20/h4-9,14,20H,10-13,16-17H2,1-3H3,(H,28,29,30,31). The molecule has 2 saturated heterocycles. The van der Waals surface area contributed by atoms with Crippen molar-refractivity contribution in [2.75, 3.05) is 70.7 Å². The molecule has 3 aromatic rings. The first-order valence-corrected chi connectivity index (χ1v) is 12.0. The van der Waals surface area contributed by atoms with E-state index in [0.717, 1.165) is 50.5 Å². The van der Waals surface area contributed by atoms with Crippen molar-refractivity contribution in [2.24, 2.45) is 0 Å². The second-order valence-electron chi connectivity index (χ2n) is 9.19. The van der Waals surface area contributed by atoms with E-state index in [0.29, 0.717) is 34.7 Å². The number of likely N-dealkylation sites (tertiary alicyclic amines) is 1. The first-order valence-electron chi connectivity index (χ1n) is 12.0. The molecule has 10 heteroatoms. The molecule has 2 fully saturated rings. The molecule has 0 spiro atoms. The lowest BCUT2D eigenvalue weighted by molar-refractivity contribution is 0.0386. The summed E-state index contributed by atoms with van der Waals surface area (Å²) in [5.41, 5.74) is 2.97. The zero-order valence-corrected chi connectivity index (χ0v) is 20.8. The van der Waals surface area contributed by atoms with Crippen molar-refractivity contribution in [2.45, 2.75) is 6.10 Å². The van der Waals surface area contributed by atoms with E-state index in [9.17, 15) is 5.26 Å². The number of rotatable bonds is 7. The predicted octanol–water partition coefficient (Wildman–Crippen LogP) is 2.61. The van der Waals surface area contributed by atoms with E-state index < -0.39 is 0 Å². The summed E-state index contributed by atoms with van der Waals surface area (Å²) in [4.78, 5) is 20.4. The van der Waals surface area contributed by atoms with Gasteiger partial charge in [-0.05, 0) is 50.5 Å². The number of nitriles is 1. The first kappa shape index (κ1) is 23.8. The number of hydrogen-bond acceptors (Lipinski definition) is 10. The topological polar surface area (TPSA) is 103 Å². The molecular formula is C26H30N8O2. The van der Waals surface area contributed by atoms with Crippen LogP contribution >= 0.6 is 0 Å². The molecule has 10 nitrogen and oxygen atoms in total. The highest BCUT2D eigenvalue weighted by atomic mass is 16.5. The van der Waals surface area contributed by atoms with Crippen LogP contribution in [0.2, 0.25) is 0 Å². The highest BCUT2D eigenvalue weighted by molar-refractivity contribution is 5.66. The molecular weight excluding hydrogens is 456 g/mol. The number of hydrogen-bond donors (Lipinski definition) is 1. The molecule has 0 bridgehead atoms. The Morgan fingerprint density at radius 3 is 2.53 bits per heavy atom. The Hall–Kier alpha value is -3.94. The average Bonchev–Trinajstić information content (AvgIpc) is 2.88. The molecule has 36 heavy (non-hydrogen) atoms. The van der Waals surface area contributed by atoms with Gasteiger partial charge in [0.2, 0.25) is 11.8 Å². The summed E-state index contributed by atoms with van der Waals surface area (Å²) < 4.78 is 11.6. The highest BCUT2D eigenvalue weighted by Gasteiger charge is 2.26. The van der Waals surface area contributed by atoms with Crippen molar-refractivity contribution in [1.29, 1.82) is 5.26 Å². The van der Waals surface area contributed by atoms with Crippen molar-refractivity contribution >= 4 is 17.5 Å². The molecule has 1 aromatic carbocycles. The Bertz CT molecular complexity index is 1260. The Morgan fingerprint density at radius 2 is 1.81 bits per heavy atom. The third kappa shape index (κ3) is 5.17. The molecule has 1 N–H and O–H groups in total. The van der Waals surface area contributed by atoms with Crippen molar-refractivity contribution in [3.63, 3.8) is 0 Å². The number of nitrogens with one attached hydrogen (secondary N) is 1. The average molecular weight is 487 g/mol. The molecule has 5 rings (SSSR count). The number of nitrogens with zero attached hydrogens (tertiary/aromatic N) is 7. The van der Waals surface area contributed by atoms with E-state index >= 15 is 0 Å². The van der Waals surface area contributed by atoms with Crippen molar-refractivity contribution in [1.82, 2.24) is 24.8 Å². The highest BCUT2D eigenvalue weighted by Crippen LogP contribution is 2.30. The molecule has 2 aromatic heterocycles. The summed E-state index contributed by atoms with van der Waals surface area (Å²) in [7, 11) is 5.81. The zero-order chi connectivity index (χ0) is 25.1. The number of benzene rings is 1. The summed E-state index contributed by atoms with van der Waals surface area (Å²) in [5.74, 6) is 2.16. The quantitative estimate of drug-likeness (QED) is 0.536. The fourth-order valence-electron chi connectivity index (χ4n) is 4.41. The Labute approximate surface area is 211 Å². The molecule has 0 amide bonds. The van der Waals surface area contributed by atoms with Crippen LogP contribution in [0.4, 0.5) is 17.5 Å². The summed E-state index contributed by atoms with van der Waals surface area (Å²) in [5, 5.41) is 12.8. The van der Waals surface area contributed by atoms with Crippen molar-refractivity contribution in [3.8, 4) is 29.0 Å². The van der Waals surface area contributed by atoms with Gasteiger partial charge in [-0.3, -0.25) is 4.90 Å². The maximum absolute atomic E-state index is 9.66. The largest absolute Gasteiger partial charge is 0.486 e.